The molecular weight excluding hydrogens is 149 g/mol. The summed E-state index contributed by atoms with van der Waals surface area (Å²) in [6.07, 6.45) is 0. The second-order valence-corrected chi connectivity index (χ2v) is 2.33. The summed E-state index contributed by atoms with van der Waals surface area (Å²) in [6, 6.07) is 6.01. The van der Waals surface area contributed by atoms with Gasteiger partial charge >= 0.3 is 29.6 Å². The van der Waals surface area contributed by atoms with E-state index >= 15 is 0 Å². The number of H-pyrrole nitrogens is 1. The third-order valence-corrected chi connectivity index (χ3v) is 1.48. The number of benzene rings is 1. The number of nitrogens with one attached hydrogen (secondary N) is 1. The minimum atomic E-state index is 0. The van der Waals surface area contributed by atoms with Crippen molar-refractivity contribution in [2.75, 3.05) is 0 Å². The zero-order valence-electron chi connectivity index (χ0n) is 5.63. The Balaban J connectivity index is 0.000000605. The van der Waals surface area contributed by atoms with Crippen LogP contribution in [-0.2, 0) is 0 Å². The molecule has 0 unspecified atom stereocenters. The summed E-state index contributed by atoms with van der Waals surface area (Å²) in [5, 5.41) is 10.3. The van der Waals surface area contributed by atoms with E-state index < -0.39 is 0 Å². The van der Waals surface area contributed by atoms with Crippen molar-refractivity contribution in [1.82, 2.24) is 15.4 Å². The first-order valence-electron chi connectivity index (χ1n) is 3.14. The topological polar surface area (TPSA) is 41.6 Å². The van der Waals surface area contributed by atoms with Crippen LogP contribution in [0.25, 0.3) is 11.0 Å². The van der Waals surface area contributed by atoms with Crippen LogP contribution in [0.2, 0.25) is 0 Å². The molecule has 1 aromatic heterocycles. The number of aromatic amines is 1. The zero-order chi connectivity index (χ0) is 6.97. The normalized spacial score (nSPS) is 9.55. The van der Waals surface area contributed by atoms with Gasteiger partial charge in [-0.25, -0.2) is 0 Å². The van der Waals surface area contributed by atoms with E-state index in [2.05, 4.69) is 15.4 Å². The van der Waals surface area contributed by atoms with Gasteiger partial charge in [-0.3, -0.25) is 5.10 Å². The van der Waals surface area contributed by atoms with Crippen LogP contribution >= 0.6 is 0 Å². The van der Waals surface area contributed by atoms with Gasteiger partial charge in [0.1, 0.15) is 5.52 Å². The molecule has 0 atom stereocenters. The SMILES string of the molecule is Cc1ccc2[nH]nnc2c1.[NaH]. The van der Waals surface area contributed by atoms with Crippen molar-refractivity contribution >= 4 is 40.6 Å². The van der Waals surface area contributed by atoms with E-state index in [1.807, 2.05) is 25.1 Å². The Morgan fingerprint density at radius 1 is 1.36 bits per heavy atom. The average Bonchev–Trinajstić information content (AvgIpc) is 2.33. The maximum absolute atomic E-state index is 3.87. The minimum absolute atomic E-state index is 0. The molecule has 0 aliphatic carbocycles. The van der Waals surface area contributed by atoms with Crippen LogP contribution in [0.3, 0.4) is 0 Å². The molecule has 0 saturated carbocycles. The zero-order valence-corrected chi connectivity index (χ0v) is 5.63. The number of hydrogen-bond acceptors (Lipinski definition) is 2. The van der Waals surface area contributed by atoms with Crippen molar-refractivity contribution in [3.8, 4) is 0 Å². The summed E-state index contributed by atoms with van der Waals surface area (Å²) in [6.45, 7) is 2.04. The van der Waals surface area contributed by atoms with Gasteiger partial charge in [-0.15, -0.1) is 5.10 Å². The molecule has 2 rings (SSSR count). The molecular formula is C7H8N3Na. The Kier molecular flexibility index (Phi) is 2.65. The van der Waals surface area contributed by atoms with Gasteiger partial charge in [0.25, 0.3) is 0 Å². The van der Waals surface area contributed by atoms with Gasteiger partial charge in [-0.2, -0.15) is 0 Å². The van der Waals surface area contributed by atoms with Crippen molar-refractivity contribution in [3.05, 3.63) is 23.8 Å². The molecule has 1 heterocycles. The van der Waals surface area contributed by atoms with E-state index in [0.29, 0.717) is 0 Å². The number of aromatic nitrogens is 3. The summed E-state index contributed by atoms with van der Waals surface area (Å²) in [7, 11) is 0. The summed E-state index contributed by atoms with van der Waals surface area (Å²) in [5.41, 5.74) is 3.13. The molecule has 0 radical (unpaired) electrons. The average molecular weight is 157 g/mol. The standard InChI is InChI=1S/C7H7N3.Na.H/c1-5-2-3-6-7(4-5)9-10-8-6;;/h2-4H,1H3,(H,8,9,10);;. The second kappa shape index (κ2) is 3.34. The number of rotatable bonds is 0. The van der Waals surface area contributed by atoms with Crippen LogP contribution in [-0.4, -0.2) is 45.0 Å². The molecule has 52 valence electrons. The summed E-state index contributed by atoms with van der Waals surface area (Å²) >= 11 is 0. The van der Waals surface area contributed by atoms with Crippen LogP contribution in [0.5, 0.6) is 0 Å². The molecule has 11 heavy (non-hydrogen) atoms. The monoisotopic (exact) mass is 157 g/mol. The van der Waals surface area contributed by atoms with E-state index in [-0.39, 0.29) is 29.6 Å². The molecule has 0 amide bonds. The fourth-order valence-electron chi connectivity index (χ4n) is 0.952. The van der Waals surface area contributed by atoms with Gasteiger partial charge in [0.15, 0.2) is 0 Å². The molecule has 0 bridgehead atoms. The van der Waals surface area contributed by atoms with Crippen LogP contribution in [0.1, 0.15) is 5.56 Å². The van der Waals surface area contributed by atoms with Gasteiger partial charge in [0, 0.05) is 0 Å². The molecule has 3 nitrogen and oxygen atoms in total. The Bertz CT molecular complexity index is 355. The van der Waals surface area contributed by atoms with E-state index in [9.17, 15) is 0 Å². The molecule has 0 fully saturated rings. The number of nitrogens with zero attached hydrogens (tertiary/aromatic N) is 2. The van der Waals surface area contributed by atoms with Crippen LogP contribution in [0.4, 0.5) is 0 Å². The van der Waals surface area contributed by atoms with Gasteiger partial charge in [0.2, 0.25) is 0 Å². The maximum atomic E-state index is 3.87. The molecule has 2 aromatic rings. The van der Waals surface area contributed by atoms with Crippen LogP contribution < -0.4 is 0 Å². The van der Waals surface area contributed by atoms with Crippen molar-refractivity contribution < 1.29 is 0 Å². The predicted molar refractivity (Wildman–Crippen MR) is 45.8 cm³/mol. The fraction of sp³-hybridized carbons (Fsp3) is 0.143. The first-order chi connectivity index (χ1) is 4.86. The van der Waals surface area contributed by atoms with E-state index in [1.165, 1.54) is 5.56 Å². The molecule has 4 heteroatoms. The fourth-order valence-corrected chi connectivity index (χ4v) is 0.952. The molecule has 0 aliphatic heterocycles. The van der Waals surface area contributed by atoms with Crippen molar-refractivity contribution in [1.29, 1.82) is 0 Å². The second-order valence-electron chi connectivity index (χ2n) is 2.33. The summed E-state index contributed by atoms with van der Waals surface area (Å²) < 4.78 is 0. The molecule has 1 N–H and O–H groups in total. The van der Waals surface area contributed by atoms with Gasteiger partial charge < -0.3 is 0 Å². The number of hydrogen-bond donors (Lipinski definition) is 1. The number of fused-ring (bicyclic) bond motifs is 1. The molecule has 0 aliphatic rings. The molecule has 0 saturated heterocycles. The Hall–Kier alpha value is -0.380. The molecule has 0 spiro atoms. The first-order valence-corrected chi connectivity index (χ1v) is 3.14. The third kappa shape index (κ3) is 1.61. The summed E-state index contributed by atoms with van der Waals surface area (Å²) in [4.78, 5) is 0. The summed E-state index contributed by atoms with van der Waals surface area (Å²) in [5.74, 6) is 0. The quantitative estimate of drug-likeness (QED) is 0.569. The van der Waals surface area contributed by atoms with Gasteiger partial charge in [0.05, 0.1) is 5.52 Å². The van der Waals surface area contributed by atoms with E-state index in [4.69, 9.17) is 0 Å². The Morgan fingerprint density at radius 3 is 3.00 bits per heavy atom. The van der Waals surface area contributed by atoms with Crippen molar-refractivity contribution in [2.45, 2.75) is 6.92 Å². The van der Waals surface area contributed by atoms with E-state index in [1.54, 1.807) is 0 Å². The Labute approximate surface area is 86.5 Å². The van der Waals surface area contributed by atoms with Crippen LogP contribution in [0.15, 0.2) is 18.2 Å². The van der Waals surface area contributed by atoms with Gasteiger partial charge in [-0.05, 0) is 24.6 Å². The van der Waals surface area contributed by atoms with E-state index in [0.717, 1.165) is 11.0 Å². The van der Waals surface area contributed by atoms with Crippen LogP contribution in [0, 0.1) is 6.92 Å². The molecule has 1 aromatic carbocycles. The predicted octanol–water partition coefficient (Wildman–Crippen LogP) is 0.618. The third-order valence-electron chi connectivity index (χ3n) is 1.48. The Morgan fingerprint density at radius 2 is 2.18 bits per heavy atom. The first kappa shape index (κ1) is 8.71. The number of aryl methyl sites for hydroxylation is 1. The van der Waals surface area contributed by atoms with Crippen molar-refractivity contribution in [3.63, 3.8) is 0 Å². The van der Waals surface area contributed by atoms with Crippen molar-refractivity contribution in [2.24, 2.45) is 0 Å². The van der Waals surface area contributed by atoms with Gasteiger partial charge in [-0.1, -0.05) is 11.3 Å².